The van der Waals surface area contributed by atoms with Gasteiger partial charge >= 0.3 is 5.97 Å². The smallest absolute Gasteiger partial charge is 0.308 e. The number of nitrogens with one attached hydrogen (secondary N) is 1. The Morgan fingerprint density at radius 2 is 1.97 bits per heavy atom. The van der Waals surface area contributed by atoms with Gasteiger partial charge in [-0.05, 0) is 31.2 Å². The first-order valence-corrected chi connectivity index (χ1v) is 10.2. The van der Waals surface area contributed by atoms with Crippen LogP contribution in [0.5, 0.6) is 0 Å². The van der Waals surface area contributed by atoms with Gasteiger partial charge in [-0.3, -0.25) is 14.4 Å². The van der Waals surface area contributed by atoms with Crippen LogP contribution >= 0.6 is 11.8 Å². The molecule has 0 saturated carbocycles. The lowest BCUT2D eigenvalue weighted by Gasteiger charge is -2.28. The molecule has 7 nitrogen and oxygen atoms in total. The number of anilines is 1. The Balaban J connectivity index is 1.43. The topological polar surface area (TPSA) is 92.4 Å². The highest BCUT2D eigenvalue weighted by Crippen LogP contribution is 2.34. The number of rotatable bonds is 5. The molecule has 8 heteroatoms. The van der Waals surface area contributed by atoms with Gasteiger partial charge in [0.15, 0.2) is 11.9 Å². The number of carbonyl (C=O) groups is 2. The molecule has 3 aromatic rings. The van der Waals surface area contributed by atoms with Gasteiger partial charge in [-0.25, -0.2) is 4.98 Å². The third-order valence-corrected chi connectivity index (χ3v) is 5.72. The number of fused-ring (bicyclic) bond motifs is 2. The Kier molecular flexibility index (Phi) is 5.35. The molecule has 2 aromatic carbocycles. The van der Waals surface area contributed by atoms with Gasteiger partial charge in [-0.1, -0.05) is 24.3 Å². The molecular weight excluding hydrogens is 390 g/mol. The van der Waals surface area contributed by atoms with E-state index < -0.39 is 12.1 Å². The Labute approximate surface area is 171 Å². The number of benzene rings is 2. The summed E-state index contributed by atoms with van der Waals surface area (Å²) in [5.41, 5.74) is 1.08. The highest BCUT2D eigenvalue weighted by Gasteiger charge is 2.25. The molecule has 1 aliphatic rings. The SMILES string of the molecule is C[C@@H](OC(=O)CCN1C(=O)CSc2ccccc21)c1nc2ccccc2c(=O)[nH]1. The number of esters is 1. The number of aromatic amines is 1. The molecule has 0 fully saturated rings. The van der Waals surface area contributed by atoms with Crippen LogP contribution in [-0.2, 0) is 14.3 Å². The first kappa shape index (κ1) is 19.2. The maximum Gasteiger partial charge on any atom is 0.308 e. The van der Waals surface area contributed by atoms with Crippen LogP contribution in [-0.4, -0.2) is 34.1 Å². The van der Waals surface area contributed by atoms with Gasteiger partial charge in [0.1, 0.15) is 0 Å². The average molecular weight is 409 g/mol. The quantitative estimate of drug-likeness (QED) is 0.651. The second-order valence-electron chi connectivity index (χ2n) is 6.65. The van der Waals surface area contributed by atoms with Crippen molar-refractivity contribution < 1.29 is 14.3 Å². The Morgan fingerprint density at radius 1 is 1.21 bits per heavy atom. The molecule has 0 saturated heterocycles. The van der Waals surface area contributed by atoms with Crippen molar-refractivity contribution in [3.8, 4) is 0 Å². The van der Waals surface area contributed by atoms with Crippen molar-refractivity contribution in [2.45, 2.75) is 24.3 Å². The van der Waals surface area contributed by atoms with E-state index in [9.17, 15) is 14.4 Å². The molecule has 1 N–H and O–H groups in total. The van der Waals surface area contributed by atoms with Crippen LogP contribution in [0.1, 0.15) is 25.3 Å². The van der Waals surface area contributed by atoms with Crippen LogP contribution in [0.15, 0.2) is 58.2 Å². The van der Waals surface area contributed by atoms with Crippen molar-refractivity contribution in [3.05, 3.63) is 64.7 Å². The summed E-state index contributed by atoms with van der Waals surface area (Å²) < 4.78 is 5.44. The van der Waals surface area contributed by atoms with Gasteiger partial charge in [-0.2, -0.15) is 0 Å². The summed E-state index contributed by atoms with van der Waals surface area (Å²) in [7, 11) is 0. The zero-order valence-electron chi connectivity index (χ0n) is 15.8. The molecule has 0 spiro atoms. The second kappa shape index (κ2) is 8.08. The zero-order chi connectivity index (χ0) is 20.4. The van der Waals surface area contributed by atoms with Crippen LogP contribution < -0.4 is 10.5 Å². The maximum atomic E-state index is 12.4. The predicted molar refractivity (Wildman–Crippen MR) is 111 cm³/mol. The van der Waals surface area contributed by atoms with Crippen molar-refractivity contribution >= 4 is 40.2 Å². The first-order valence-electron chi connectivity index (χ1n) is 9.23. The molecule has 2 heterocycles. The standard InChI is InChI=1S/C21H19N3O4S/c1-13(20-22-15-7-3-2-6-14(15)21(27)23-20)28-19(26)10-11-24-16-8-4-5-9-17(16)29-12-18(24)25/h2-9,13H,10-12H2,1H3,(H,22,23,27)/t13-/m1/s1. The lowest BCUT2D eigenvalue weighted by molar-refractivity contribution is -0.148. The number of nitrogens with zero attached hydrogens (tertiary/aromatic N) is 2. The molecule has 4 rings (SSSR count). The summed E-state index contributed by atoms with van der Waals surface area (Å²) in [4.78, 5) is 46.5. The van der Waals surface area contributed by atoms with Crippen LogP contribution in [0.4, 0.5) is 5.69 Å². The summed E-state index contributed by atoms with van der Waals surface area (Å²) in [6, 6.07) is 14.6. The molecule has 148 valence electrons. The number of thioether (sulfide) groups is 1. The molecule has 29 heavy (non-hydrogen) atoms. The number of para-hydroxylation sites is 2. The fourth-order valence-corrected chi connectivity index (χ4v) is 4.15. The number of aromatic nitrogens is 2. The average Bonchev–Trinajstić information content (AvgIpc) is 2.73. The van der Waals surface area contributed by atoms with E-state index in [0.29, 0.717) is 16.7 Å². The van der Waals surface area contributed by atoms with Gasteiger partial charge in [0.2, 0.25) is 5.91 Å². The maximum absolute atomic E-state index is 12.4. The van der Waals surface area contributed by atoms with Crippen LogP contribution in [0.3, 0.4) is 0 Å². The predicted octanol–water partition coefficient (Wildman–Crippen LogP) is 3.06. The fourth-order valence-electron chi connectivity index (χ4n) is 3.21. The third-order valence-electron chi connectivity index (χ3n) is 4.67. The first-order chi connectivity index (χ1) is 14.0. The number of hydrogen-bond donors (Lipinski definition) is 1. The van der Waals surface area contributed by atoms with E-state index in [1.807, 2.05) is 24.3 Å². The minimum Gasteiger partial charge on any atom is -0.454 e. The molecule has 1 amide bonds. The van der Waals surface area contributed by atoms with E-state index >= 15 is 0 Å². The van der Waals surface area contributed by atoms with Gasteiger partial charge in [-0.15, -0.1) is 11.8 Å². The molecule has 1 aliphatic heterocycles. The normalized spacial score (nSPS) is 14.5. The van der Waals surface area contributed by atoms with E-state index in [4.69, 9.17) is 4.74 Å². The summed E-state index contributed by atoms with van der Waals surface area (Å²) in [6.45, 7) is 1.90. The summed E-state index contributed by atoms with van der Waals surface area (Å²) >= 11 is 1.50. The number of carbonyl (C=O) groups excluding carboxylic acids is 2. The van der Waals surface area contributed by atoms with Gasteiger partial charge in [0, 0.05) is 11.4 Å². The Hall–Kier alpha value is -3.13. The molecule has 0 unspecified atom stereocenters. The summed E-state index contributed by atoms with van der Waals surface area (Å²) in [5, 5.41) is 0.481. The number of amides is 1. The highest BCUT2D eigenvalue weighted by atomic mass is 32.2. The number of hydrogen-bond acceptors (Lipinski definition) is 6. The van der Waals surface area contributed by atoms with Crippen molar-refractivity contribution in [1.82, 2.24) is 9.97 Å². The Morgan fingerprint density at radius 3 is 2.83 bits per heavy atom. The third kappa shape index (κ3) is 4.02. The zero-order valence-corrected chi connectivity index (χ0v) is 16.6. The molecule has 0 bridgehead atoms. The molecule has 1 aromatic heterocycles. The second-order valence-corrected chi connectivity index (χ2v) is 7.67. The minimum absolute atomic E-state index is 0.0323. The van der Waals surface area contributed by atoms with Crippen molar-refractivity contribution in [1.29, 1.82) is 0 Å². The highest BCUT2D eigenvalue weighted by molar-refractivity contribution is 8.00. The lowest BCUT2D eigenvalue weighted by atomic mass is 10.2. The van der Waals surface area contributed by atoms with E-state index in [1.54, 1.807) is 36.1 Å². The van der Waals surface area contributed by atoms with E-state index in [0.717, 1.165) is 10.6 Å². The van der Waals surface area contributed by atoms with Gasteiger partial charge in [0.05, 0.1) is 28.8 Å². The molecule has 1 atom stereocenters. The summed E-state index contributed by atoms with van der Waals surface area (Å²) in [6.07, 6.45) is -0.660. The fraction of sp³-hybridized carbons (Fsp3) is 0.238. The molecular formula is C21H19N3O4S. The van der Waals surface area contributed by atoms with Crippen LogP contribution in [0.25, 0.3) is 10.9 Å². The molecule has 0 aliphatic carbocycles. The number of H-pyrrole nitrogens is 1. The Bertz CT molecular complexity index is 1140. The lowest BCUT2D eigenvalue weighted by Crippen LogP contribution is -2.37. The van der Waals surface area contributed by atoms with Crippen LogP contribution in [0.2, 0.25) is 0 Å². The van der Waals surface area contributed by atoms with Crippen LogP contribution in [0, 0.1) is 0 Å². The van der Waals surface area contributed by atoms with Crippen molar-refractivity contribution in [3.63, 3.8) is 0 Å². The van der Waals surface area contributed by atoms with Crippen molar-refractivity contribution in [2.75, 3.05) is 17.2 Å². The molecule has 0 radical (unpaired) electrons. The monoisotopic (exact) mass is 409 g/mol. The van der Waals surface area contributed by atoms with Gasteiger partial charge in [0.25, 0.3) is 5.56 Å². The van der Waals surface area contributed by atoms with E-state index in [-0.39, 0.29) is 30.3 Å². The van der Waals surface area contributed by atoms with Gasteiger partial charge < -0.3 is 14.6 Å². The van der Waals surface area contributed by atoms with E-state index in [2.05, 4.69) is 9.97 Å². The van der Waals surface area contributed by atoms with Crippen molar-refractivity contribution in [2.24, 2.45) is 0 Å². The largest absolute Gasteiger partial charge is 0.454 e. The van der Waals surface area contributed by atoms with E-state index in [1.165, 1.54) is 11.8 Å². The summed E-state index contributed by atoms with van der Waals surface area (Å²) in [5.74, 6) is 0.148. The minimum atomic E-state index is -0.709. The number of ether oxygens (including phenoxy) is 1.